The van der Waals surface area contributed by atoms with Crippen LogP contribution in [-0.2, 0) is 11.8 Å². The maximum absolute atomic E-state index is 12.4. The van der Waals surface area contributed by atoms with Gasteiger partial charge in [0.05, 0.1) is 0 Å². The molecule has 154 valence electrons. The Bertz CT molecular complexity index is 1210. The number of nitrogens with zero attached hydrogens (tertiary/aromatic N) is 2. The van der Waals surface area contributed by atoms with E-state index in [-0.39, 0.29) is 0 Å². The fourth-order valence-electron chi connectivity index (χ4n) is 3.25. The highest BCUT2D eigenvalue weighted by Gasteiger charge is 2.19. The van der Waals surface area contributed by atoms with Crippen molar-refractivity contribution in [3.05, 3.63) is 67.1 Å². The molecule has 0 amide bonds. The molecule has 0 aliphatic heterocycles. The van der Waals surface area contributed by atoms with Gasteiger partial charge in [0.2, 0.25) is 0 Å². The van der Waals surface area contributed by atoms with E-state index in [2.05, 4.69) is 10.6 Å². The average molecular weight is 403 g/mol. The van der Waals surface area contributed by atoms with Crippen LogP contribution in [0.15, 0.2) is 67.1 Å². The zero-order chi connectivity index (χ0) is 21.5. The molecule has 4 rings (SSSR count). The van der Waals surface area contributed by atoms with Crippen molar-refractivity contribution < 1.29 is 14.3 Å². The van der Waals surface area contributed by atoms with Crippen LogP contribution in [0.5, 0.6) is 11.5 Å². The summed E-state index contributed by atoms with van der Waals surface area (Å²) in [4.78, 5) is 12.4. The first-order valence-electron chi connectivity index (χ1n) is 9.74. The van der Waals surface area contributed by atoms with Crippen molar-refractivity contribution in [3.63, 3.8) is 0 Å². The van der Waals surface area contributed by atoms with Gasteiger partial charge in [0.15, 0.2) is 0 Å². The van der Waals surface area contributed by atoms with Crippen LogP contribution in [0.2, 0.25) is 0 Å². The molecule has 0 bridgehead atoms. The summed E-state index contributed by atoms with van der Waals surface area (Å²) in [6.07, 6.45) is 5.04. The number of rotatable bonds is 3. The van der Waals surface area contributed by atoms with Gasteiger partial charge in [-0.05, 0) is 69.3 Å². The summed E-state index contributed by atoms with van der Waals surface area (Å²) in [5.74, 6) is 1.38. The van der Waals surface area contributed by atoms with Gasteiger partial charge in [0.1, 0.15) is 17.1 Å². The molecule has 6 heteroatoms. The van der Waals surface area contributed by atoms with E-state index in [1.165, 1.54) is 4.57 Å². The number of nitrogens with two attached hydrogens (primary N) is 1. The molecule has 0 aliphatic rings. The Morgan fingerprint density at radius 2 is 1.73 bits per heavy atom. The van der Waals surface area contributed by atoms with Gasteiger partial charge in [-0.15, -0.1) is 0 Å². The molecular weight excluding hydrogens is 378 g/mol. The lowest BCUT2D eigenvalue weighted by Crippen LogP contribution is -2.26. The predicted molar refractivity (Wildman–Crippen MR) is 119 cm³/mol. The van der Waals surface area contributed by atoms with Crippen LogP contribution in [0.3, 0.4) is 0 Å². The van der Waals surface area contributed by atoms with E-state index >= 15 is 0 Å². The molecule has 6 nitrogen and oxygen atoms in total. The first-order chi connectivity index (χ1) is 14.2. The summed E-state index contributed by atoms with van der Waals surface area (Å²) in [5.41, 5.74) is 8.71. The Balaban J connectivity index is 1.76. The Morgan fingerprint density at radius 1 is 1.00 bits per heavy atom. The smallest absolute Gasteiger partial charge is 0.418 e. The summed E-state index contributed by atoms with van der Waals surface area (Å²) in [6.45, 7) is 5.53. The normalized spacial score (nSPS) is 11.6. The fourth-order valence-corrected chi connectivity index (χ4v) is 3.25. The Kier molecular flexibility index (Phi) is 4.78. The number of aryl methyl sites for hydroxylation is 1. The van der Waals surface area contributed by atoms with Crippen LogP contribution < -0.4 is 10.5 Å². The Hall–Kier alpha value is -3.67. The van der Waals surface area contributed by atoms with Gasteiger partial charge in [-0.2, -0.15) is 0 Å². The molecule has 2 aromatic carbocycles. The SMILES string of the molecule is Cn1ccc2cc(Oc3ccc(N)cc3)c(-c3ccn(C(=O)OC(C)(C)C)c3)cc21. The number of carbonyl (C=O) groups excluding carboxylic acids is 1. The molecule has 0 fully saturated rings. The number of carbonyl (C=O) groups is 1. The standard InChI is InChI=1S/C24H25N3O3/c1-24(2,3)30-23(28)27-12-10-17(15-27)20-14-21-16(9-11-26(21)4)13-22(20)29-19-7-5-18(25)6-8-19/h5-15H,25H2,1-4H3. The van der Waals surface area contributed by atoms with Crippen LogP contribution in [0.4, 0.5) is 10.5 Å². The number of hydrogen-bond donors (Lipinski definition) is 1. The summed E-state index contributed by atoms with van der Waals surface area (Å²) >= 11 is 0. The second-order valence-electron chi connectivity index (χ2n) is 8.29. The molecule has 0 atom stereocenters. The summed E-state index contributed by atoms with van der Waals surface area (Å²) in [7, 11) is 2.00. The molecule has 0 aliphatic carbocycles. The maximum atomic E-state index is 12.4. The lowest BCUT2D eigenvalue weighted by Gasteiger charge is -2.19. The van der Waals surface area contributed by atoms with Gasteiger partial charge in [0, 0.05) is 53.4 Å². The number of ether oxygens (including phenoxy) is 2. The van der Waals surface area contributed by atoms with Gasteiger partial charge in [-0.1, -0.05) is 0 Å². The number of fused-ring (bicyclic) bond motifs is 1. The quantitative estimate of drug-likeness (QED) is 0.439. The van der Waals surface area contributed by atoms with Gasteiger partial charge in [-0.25, -0.2) is 4.79 Å². The van der Waals surface area contributed by atoms with Crippen molar-refractivity contribution in [1.29, 1.82) is 0 Å². The van der Waals surface area contributed by atoms with Gasteiger partial charge in [-0.3, -0.25) is 4.57 Å². The number of benzene rings is 2. The summed E-state index contributed by atoms with van der Waals surface area (Å²) in [5, 5.41) is 1.07. The van der Waals surface area contributed by atoms with Gasteiger partial charge >= 0.3 is 6.09 Å². The van der Waals surface area contributed by atoms with Crippen LogP contribution in [-0.4, -0.2) is 20.8 Å². The number of anilines is 1. The summed E-state index contributed by atoms with van der Waals surface area (Å²) in [6, 6.07) is 15.3. The zero-order valence-electron chi connectivity index (χ0n) is 17.5. The molecular formula is C24H25N3O3. The molecule has 2 aromatic heterocycles. The Morgan fingerprint density at radius 3 is 2.43 bits per heavy atom. The molecule has 0 radical (unpaired) electrons. The van der Waals surface area contributed by atoms with E-state index < -0.39 is 11.7 Å². The molecule has 0 spiro atoms. The van der Waals surface area contributed by atoms with Crippen LogP contribution in [0, 0.1) is 0 Å². The highest BCUT2D eigenvalue weighted by molar-refractivity contribution is 5.89. The van der Waals surface area contributed by atoms with E-state index in [0.717, 1.165) is 22.0 Å². The first-order valence-corrected chi connectivity index (χ1v) is 9.74. The van der Waals surface area contributed by atoms with Crippen LogP contribution >= 0.6 is 0 Å². The predicted octanol–water partition coefficient (Wildman–Crippen LogP) is 5.80. The second kappa shape index (κ2) is 7.30. The third-order valence-electron chi connectivity index (χ3n) is 4.70. The third kappa shape index (κ3) is 4.03. The van der Waals surface area contributed by atoms with Gasteiger partial charge in [0.25, 0.3) is 0 Å². The highest BCUT2D eigenvalue weighted by Crippen LogP contribution is 2.37. The van der Waals surface area contributed by atoms with Crippen molar-refractivity contribution in [3.8, 4) is 22.6 Å². The monoisotopic (exact) mass is 403 g/mol. The van der Waals surface area contributed by atoms with Crippen molar-refractivity contribution in [2.24, 2.45) is 7.05 Å². The molecule has 30 heavy (non-hydrogen) atoms. The van der Waals surface area contributed by atoms with E-state index in [9.17, 15) is 4.79 Å². The maximum Gasteiger partial charge on any atom is 0.418 e. The Labute approximate surface area is 175 Å². The van der Waals surface area contributed by atoms with Crippen molar-refractivity contribution in [2.45, 2.75) is 26.4 Å². The molecule has 0 saturated heterocycles. The topological polar surface area (TPSA) is 71.4 Å². The van der Waals surface area contributed by atoms with Crippen molar-refractivity contribution in [1.82, 2.24) is 9.13 Å². The van der Waals surface area contributed by atoms with E-state index in [4.69, 9.17) is 15.2 Å². The molecule has 0 saturated carbocycles. The second-order valence-corrected chi connectivity index (χ2v) is 8.29. The molecule has 4 aromatic rings. The van der Waals surface area contributed by atoms with E-state index in [1.807, 2.05) is 64.3 Å². The third-order valence-corrected chi connectivity index (χ3v) is 4.70. The number of nitrogen functional groups attached to an aromatic ring is 1. The van der Waals surface area contributed by atoms with Crippen LogP contribution in [0.1, 0.15) is 20.8 Å². The largest absolute Gasteiger partial charge is 0.457 e. The molecule has 2 N–H and O–H groups in total. The average Bonchev–Trinajstić information content (AvgIpc) is 3.29. The lowest BCUT2D eigenvalue weighted by atomic mass is 10.1. The lowest BCUT2D eigenvalue weighted by molar-refractivity contribution is 0.0537. The first kappa shape index (κ1) is 19.6. The van der Waals surface area contributed by atoms with Gasteiger partial charge < -0.3 is 19.8 Å². The van der Waals surface area contributed by atoms with Crippen molar-refractivity contribution >= 4 is 22.7 Å². The van der Waals surface area contributed by atoms with Crippen molar-refractivity contribution in [2.75, 3.05) is 5.73 Å². The minimum atomic E-state index is -0.563. The zero-order valence-corrected chi connectivity index (χ0v) is 17.5. The fraction of sp³-hybridized carbons (Fsp3) is 0.208. The molecule has 0 unspecified atom stereocenters. The number of hydrogen-bond acceptors (Lipinski definition) is 4. The minimum absolute atomic E-state index is 0.422. The minimum Gasteiger partial charge on any atom is -0.457 e. The van der Waals surface area contributed by atoms with E-state index in [0.29, 0.717) is 17.2 Å². The summed E-state index contributed by atoms with van der Waals surface area (Å²) < 4.78 is 15.2. The number of aromatic nitrogens is 2. The molecule has 2 heterocycles. The highest BCUT2D eigenvalue weighted by atomic mass is 16.6. The van der Waals surface area contributed by atoms with E-state index in [1.54, 1.807) is 24.5 Å². The van der Waals surface area contributed by atoms with Crippen LogP contribution in [0.25, 0.3) is 22.0 Å².